The number of ether oxygens (including phenoxy) is 1. The van der Waals surface area contributed by atoms with Gasteiger partial charge in [-0.1, -0.05) is 0 Å². The zero-order valence-electron chi connectivity index (χ0n) is 18.9. The topological polar surface area (TPSA) is 90.1 Å². The first kappa shape index (κ1) is 20.4. The van der Waals surface area contributed by atoms with Crippen molar-refractivity contribution in [3.63, 3.8) is 0 Å². The number of hydrogen-bond donors (Lipinski definition) is 1. The van der Waals surface area contributed by atoms with Gasteiger partial charge in [0.15, 0.2) is 0 Å². The van der Waals surface area contributed by atoms with Crippen LogP contribution < -0.4 is 4.74 Å². The second-order valence-corrected chi connectivity index (χ2v) is 8.71. The molecule has 1 aliphatic heterocycles. The smallest absolute Gasteiger partial charge is 0.307 e. The van der Waals surface area contributed by atoms with Crippen molar-refractivity contribution in [2.75, 3.05) is 6.61 Å². The third kappa shape index (κ3) is 3.20. The van der Waals surface area contributed by atoms with Crippen molar-refractivity contribution < 1.29 is 14.6 Å². The van der Waals surface area contributed by atoms with Crippen molar-refractivity contribution in [3.8, 4) is 28.3 Å². The Morgan fingerprint density at radius 3 is 2.82 bits per heavy atom. The number of aryl methyl sites for hydroxylation is 2. The molecule has 2 aromatic carbocycles. The highest BCUT2D eigenvalue weighted by molar-refractivity contribution is 6.08. The minimum atomic E-state index is -0.874. The third-order valence-corrected chi connectivity index (χ3v) is 6.46. The van der Waals surface area contributed by atoms with Crippen LogP contribution in [0.2, 0.25) is 0 Å². The van der Waals surface area contributed by atoms with Gasteiger partial charge < -0.3 is 14.4 Å². The van der Waals surface area contributed by atoms with E-state index in [-0.39, 0.29) is 6.42 Å². The van der Waals surface area contributed by atoms with E-state index in [1.807, 2.05) is 67.3 Å². The van der Waals surface area contributed by atoms with Crippen LogP contribution in [0, 0.1) is 6.92 Å². The lowest BCUT2D eigenvalue weighted by Gasteiger charge is -2.21. The summed E-state index contributed by atoms with van der Waals surface area (Å²) in [5, 5.41) is 11.6. The SMILES string of the molecule is Cc1cc2nc(-c3cn(C)cn3)ccc2c(-c2ccc3c4c(ccnc24)CCO3)c1CC(=O)O. The normalized spacial score (nSPS) is 12.8. The van der Waals surface area contributed by atoms with Gasteiger partial charge in [0.25, 0.3) is 0 Å². The fourth-order valence-corrected chi connectivity index (χ4v) is 4.93. The molecule has 3 aromatic heterocycles. The van der Waals surface area contributed by atoms with E-state index in [1.165, 1.54) is 5.56 Å². The standard InChI is InChI=1S/C27H22N4O3/c1-15-11-21-17(3-5-20(30-21)22-13-31(2)14-29-22)26(19(15)12-24(32)33)18-4-6-23-25-16(8-10-34-23)7-9-28-27(18)25/h3-7,9,11,13-14H,8,10,12H2,1-2H3,(H,32,33). The van der Waals surface area contributed by atoms with Crippen LogP contribution in [0.5, 0.6) is 5.75 Å². The van der Waals surface area contributed by atoms with Crippen LogP contribution in [0.4, 0.5) is 0 Å². The van der Waals surface area contributed by atoms with Crippen LogP contribution in [0.1, 0.15) is 16.7 Å². The van der Waals surface area contributed by atoms with Gasteiger partial charge in [-0.25, -0.2) is 9.97 Å². The molecular formula is C27H22N4O3. The van der Waals surface area contributed by atoms with Gasteiger partial charge in [0.2, 0.25) is 0 Å². The van der Waals surface area contributed by atoms with E-state index in [4.69, 9.17) is 14.7 Å². The number of pyridine rings is 2. The number of rotatable bonds is 4. The molecule has 1 aliphatic rings. The average Bonchev–Trinajstić information content (AvgIpc) is 3.26. The van der Waals surface area contributed by atoms with E-state index >= 15 is 0 Å². The summed E-state index contributed by atoms with van der Waals surface area (Å²) in [5.74, 6) is -0.0544. The quantitative estimate of drug-likeness (QED) is 0.426. The van der Waals surface area contributed by atoms with Crippen molar-refractivity contribution in [2.24, 2.45) is 7.05 Å². The van der Waals surface area contributed by atoms with Gasteiger partial charge in [-0.3, -0.25) is 9.78 Å². The molecule has 7 nitrogen and oxygen atoms in total. The second kappa shape index (κ2) is 7.66. The Bertz CT molecular complexity index is 1610. The van der Waals surface area contributed by atoms with E-state index < -0.39 is 5.97 Å². The number of carboxylic acids is 1. The molecule has 6 rings (SSSR count). The van der Waals surface area contributed by atoms with Crippen molar-refractivity contribution >= 4 is 27.8 Å². The first-order valence-corrected chi connectivity index (χ1v) is 11.2. The van der Waals surface area contributed by atoms with E-state index in [1.54, 1.807) is 6.33 Å². The van der Waals surface area contributed by atoms with Crippen molar-refractivity contribution in [1.29, 1.82) is 0 Å². The number of benzene rings is 2. The number of fused-ring (bicyclic) bond motifs is 1. The summed E-state index contributed by atoms with van der Waals surface area (Å²) in [5.41, 5.74) is 7.78. The molecular weight excluding hydrogens is 428 g/mol. The lowest BCUT2D eigenvalue weighted by molar-refractivity contribution is -0.136. The number of nitrogens with zero attached hydrogens (tertiary/aromatic N) is 4. The molecule has 0 saturated heterocycles. The van der Waals surface area contributed by atoms with E-state index in [0.717, 1.165) is 67.6 Å². The van der Waals surface area contributed by atoms with Crippen LogP contribution in [0.3, 0.4) is 0 Å². The lowest BCUT2D eigenvalue weighted by Crippen LogP contribution is -2.10. The van der Waals surface area contributed by atoms with Gasteiger partial charge >= 0.3 is 5.97 Å². The summed E-state index contributed by atoms with van der Waals surface area (Å²) in [6.07, 6.45) is 6.23. The van der Waals surface area contributed by atoms with Gasteiger partial charge in [-0.05, 0) is 65.6 Å². The number of carbonyl (C=O) groups is 1. The van der Waals surface area contributed by atoms with Gasteiger partial charge in [0.1, 0.15) is 11.4 Å². The molecule has 0 saturated carbocycles. The Morgan fingerprint density at radius 2 is 2.03 bits per heavy atom. The molecule has 0 bridgehead atoms. The van der Waals surface area contributed by atoms with Crippen LogP contribution in [0.25, 0.3) is 44.3 Å². The lowest BCUT2D eigenvalue weighted by atomic mass is 9.87. The monoisotopic (exact) mass is 450 g/mol. The number of imidazole rings is 1. The molecule has 1 N–H and O–H groups in total. The van der Waals surface area contributed by atoms with E-state index in [9.17, 15) is 9.90 Å². The van der Waals surface area contributed by atoms with Gasteiger partial charge in [0, 0.05) is 42.2 Å². The maximum absolute atomic E-state index is 11.8. The molecule has 7 heteroatoms. The molecule has 5 aromatic rings. The molecule has 0 unspecified atom stereocenters. The summed E-state index contributed by atoms with van der Waals surface area (Å²) in [6, 6.07) is 11.9. The maximum Gasteiger partial charge on any atom is 0.307 e. The van der Waals surface area contributed by atoms with Gasteiger partial charge in [0.05, 0.1) is 36.1 Å². The predicted molar refractivity (Wildman–Crippen MR) is 130 cm³/mol. The molecule has 4 heterocycles. The van der Waals surface area contributed by atoms with E-state index in [0.29, 0.717) is 6.61 Å². The average molecular weight is 450 g/mol. The Balaban J connectivity index is 1.68. The Hall–Kier alpha value is -4.26. The van der Waals surface area contributed by atoms with Crippen LogP contribution in [-0.2, 0) is 24.7 Å². The highest BCUT2D eigenvalue weighted by Gasteiger charge is 2.22. The molecule has 0 radical (unpaired) electrons. The highest BCUT2D eigenvalue weighted by Crippen LogP contribution is 2.42. The third-order valence-electron chi connectivity index (χ3n) is 6.46. The Morgan fingerprint density at radius 1 is 1.15 bits per heavy atom. The minimum absolute atomic E-state index is 0.0848. The summed E-state index contributed by atoms with van der Waals surface area (Å²) in [7, 11) is 1.92. The first-order chi connectivity index (χ1) is 16.5. The maximum atomic E-state index is 11.8. The molecule has 0 atom stereocenters. The summed E-state index contributed by atoms with van der Waals surface area (Å²) in [4.78, 5) is 25.9. The van der Waals surface area contributed by atoms with Crippen molar-refractivity contribution in [2.45, 2.75) is 19.8 Å². The molecule has 34 heavy (non-hydrogen) atoms. The van der Waals surface area contributed by atoms with E-state index in [2.05, 4.69) is 4.98 Å². The number of carboxylic acid groups (broad SMARTS) is 1. The predicted octanol–water partition coefficient (Wildman–Crippen LogP) is 4.72. The largest absolute Gasteiger partial charge is 0.493 e. The number of hydrogen-bond acceptors (Lipinski definition) is 5. The van der Waals surface area contributed by atoms with Crippen LogP contribution >= 0.6 is 0 Å². The number of aliphatic carboxylic acids is 1. The van der Waals surface area contributed by atoms with Crippen molar-refractivity contribution in [1.82, 2.24) is 19.5 Å². The van der Waals surface area contributed by atoms with Gasteiger partial charge in [-0.2, -0.15) is 0 Å². The zero-order valence-corrected chi connectivity index (χ0v) is 18.9. The van der Waals surface area contributed by atoms with Crippen LogP contribution in [0.15, 0.2) is 55.1 Å². The summed E-state index contributed by atoms with van der Waals surface area (Å²) in [6.45, 7) is 2.58. The number of aromatic nitrogens is 4. The second-order valence-electron chi connectivity index (χ2n) is 8.71. The molecule has 0 spiro atoms. The highest BCUT2D eigenvalue weighted by atomic mass is 16.5. The summed E-state index contributed by atoms with van der Waals surface area (Å²) < 4.78 is 7.79. The van der Waals surface area contributed by atoms with Crippen molar-refractivity contribution in [3.05, 3.63) is 71.8 Å². The van der Waals surface area contributed by atoms with Crippen LogP contribution in [-0.4, -0.2) is 37.2 Å². The Labute approximate surface area is 195 Å². The fraction of sp³-hybridized carbons (Fsp3) is 0.185. The molecule has 0 fully saturated rings. The molecule has 0 aliphatic carbocycles. The first-order valence-electron chi connectivity index (χ1n) is 11.2. The Kier molecular flexibility index (Phi) is 4.58. The summed E-state index contributed by atoms with van der Waals surface area (Å²) >= 11 is 0. The zero-order chi connectivity index (χ0) is 23.4. The van der Waals surface area contributed by atoms with Gasteiger partial charge in [-0.15, -0.1) is 0 Å². The minimum Gasteiger partial charge on any atom is -0.493 e. The molecule has 168 valence electrons. The molecule has 0 amide bonds. The fourth-order valence-electron chi connectivity index (χ4n) is 4.93.